The second-order valence-electron chi connectivity index (χ2n) is 3.03. The van der Waals surface area contributed by atoms with E-state index >= 15 is 0 Å². The fourth-order valence-corrected chi connectivity index (χ4v) is 1.10. The summed E-state index contributed by atoms with van der Waals surface area (Å²) < 4.78 is 0. The minimum Gasteiger partial charge on any atom is -0.478 e. The lowest BCUT2D eigenvalue weighted by Gasteiger charge is -2.08. The van der Waals surface area contributed by atoms with Crippen molar-refractivity contribution in [3.8, 4) is 0 Å². The van der Waals surface area contributed by atoms with E-state index in [1.165, 1.54) is 6.07 Å². The molecule has 0 aliphatic carbocycles. The number of hydrogen-bond acceptors (Lipinski definition) is 3. The molecule has 0 heterocycles. The largest absolute Gasteiger partial charge is 0.478 e. The number of nitrogens with two attached hydrogens (primary N) is 1. The Labute approximate surface area is 82.7 Å². The number of carboxylic acids is 1. The van der Waals surface area contributed by atoms with Crippen molar-refractivity contribution in [3.05, 3.63) is 23.8 Å². The Morgan fingerprint density at radius 2 is 2.29 bits per heavy atom. The molecule has 4 N–H and O–H groups in total. The molecular weight excluding hydrogens is 180 g/mol. The van der Waals surface area contributed by atoms with Crippen LogP contribution < -0.4 is 11.1 Å². The van der Waals surface area contributed by atoms with Crippen LogP contribution in [0.1, 0.15) is 23.7 Å². The predicted octanol–water partition coefficient (Wildman–Crippen LogP) is 1.79. The van der Waals surface area contributed by atoms with Gasteiger partial charge >= 0.3 is 5.97 Å². The van der Waals surface area contributed by atoms with Gasteiger partial charge in [0.2, 0.25) is 0 Å². The number of carboxylic acid groups (broad SMARTS) is 1. The molecule has 14 heavy (non-hydrogen) atoms. The summed E-state index contributed by atoms with van der Waals surface area (Å²) in [5.41, 5.74) is 7.18. The van der Waals surface area contributed by atoms with Crippen molar-refractivity contribution in [3.63, 3.8) is 0 Å². The highest BCUT2D eigenvalue weighted by molar-refractivity contribution is 5.90. The van der Waals surface area contributed by atoms with Crippen LogP contribution in [0.25, 0.3) is 0 Å². The molecule has 0 aliphatic heterocycles. The zero-order chi connectivity index (χ0) is 10.6. The van der Waals surface area contributed by atoms with E-state index in [0.29, 0.717) is 11.4 Å². The van der Waals surface area contributed by atoms with Gasteiger partial charge in [0, 0.05) is 6.54 Å². The first kappa shape index (κ1) is 10.4. The Morgan fingerprint density at radius 3 is 2.86 bits per heavy atom. The lowest BCUT2D eigenvalue weighted by molar-refractivity contribution is 0.0697. The second kappa shape index (κ2) is 4.50. The van der Waals surface area contributed by atoms with Gasteiger partial charge in [-0.25, -0.2) is 4.79 Å². The molecule has 0 unspecified atom stereocenters. The third-order valence-electron chi connectivity index (χ3n) is 1.87. The fraction of sp³-hybridized carbons (Fsp3) is 0.300. The number of aromatic carboxylic acids is 1. The summed E-state index contributed by atoms with van der Waals surface area (Å²) in [5, 5.41) is 11.8. The van der Waals surface area contributed by atoms with E-state index in [-0.39, 0.29) is 5.56 Å². The predicted molar refractivity (Wildman–Crippen MR) is 56.6 cm³/mol. The summed E-state index contributed by atoms with van der Waals surface area (Å²) in [5.74, 6) is -0.940. The van der Waals surface area contributed by atoms with Crippen LogP contribution in [0.5, 0.6) is 0 Å². The molecule has 4 heteroatoms. The molecule has 0 bridgehead atoms. The van der Waals surface area contributed by atoms with E-state index in [9.17, 15) is 4.79 Å². The van der Waals surface area contributed by atoms with Crippen LogP contribution in [0.15, 0.2) is 18.2 Å². The zero-order valence-corrected chi connectivity index (χ0v) is 8.08. The normalized spacial score (nSPS) is 9.79. The molecule has 0 spiro atoms. The second-order valence-corrected chi connectivity index (χ2v) is 3.03. The van der Waals surface area contributed by atoms with E-state index in [2.05, 4.69) is 5.32 Å². The highest BCUT2D eigenvalue weighted by Crippen LogP contribution is 2.19. The van der Waals surface area contributed by atoms with E-state index in [1.807, 2.05) is 6.92 Å². The number of carbonyl (C=O) groups is 1. The van der Waals surface area contributed by atoms with Crippen molar-refractivity contribution in [2.75, 3.05) is 17.6 Å². The van der Waals surface area contributed by atoms with Gasteiger partial charge in [-0.15, -0.1) is 0 Å². The van der Waals surface area contributed by atoms with E-state index in [4.69, 9.17) is 10.8 Å². The molecule has 0 amide bonds. The summed E-state index contributed by atoms with van der Waals surface area (Å²) in [6, 6.07) is 4.64. The van der Waals surface area contributed by atoms with E-state index in [1.54, 1.807) is 12.1 Å². The molecule has 4 nitrogen and oxygen atoms in total. The van der Waals surface area contributed by atoms with Crippen molar-refractivity contribution < 1.29 is 9.90 Å². The smallest absolute Gasteiger partial charge is 0.335 e. The number of hydrogen-bond donors (Lipinski definition) is 3. The van der Waals surface area contributed by atoms with Crippen LogP contribution in [0, 0.1) is 0 Å². The SMILES string of the molecule is CCCNc1cc(C(=O)O)ccc1N. The first-order valence-electron chi connectivity index (χ1n) is 4.52. The molecule has 0 radical (unpaired) electrons. The Balaban J connectivity index is 2.90. The molecule has 1 aromatic rings. The lowest BCUT2D eigenvalue weighted by Crippen LogP contribution is -2.05. The first-order valence-corrected chi connectivity index (χ1v) is 4.52. The highest BCUT2D eigenvalue weighted by atomic mass is 16.4. The van der Waals surface area contributed by atoms with Gasteiger partial charge in [0.05, 0.1) is 16.9 Å². The molecule has 76 valence electrons. The number of rotatable bonds is 4. The number of nitrogen functional groups attached to an aromatic ring is 1. The summed E-state index contributed by atoms with van der Waals surface area (Å²) in [4.78, 5) is 10.7. The van der Waals surface area contributed by atoms with Crippen LogP contribution in [0.3, 0.4) is 0 Å². The minimum atomic E-state index is -0.940. The molecule has 0 atom stereocenters. The quantitative estimate of drug-likeness (QED) is 0.639. The maximum atomic E-state index is 10.7. The Bertz CT molecular complexity index is 337. The van der Waals surface area contributed by atoms with Crippen LogP contribution >= 0.6 is 0 Å². The molecule has 0 aliphatic rings. The third-order valence-corrected chi connectivity index (χ3v) is 1.87. The first-order chi connectivity index (χ1) is 6.65. The van der Waals surface area contributed by atoms with Crippen LogP contribution in [0.4, 0.5) is 11.4 Å². The molecule has 0 fully saturated rings. The Morgan fingerprint density at radius 1 is 1.57 bits per heavy atom. The van der Waals surface area contributed by atoms with Crippen LogP contribution in [-0.4, -0.2) is 17.6 Å². The average molecular weight is 194 g/mol. The molecule has 0 saturated heterocycles. The summed E-state index contributed by atoms with van der Waals surface area (Å²) >= 11 is 0. The van der Waals surface area contributed by atoms with Gasteiger partial charge in [-0.1, -0.05) is 6.92 Å². The van der Waals surface area contributed by atoms with Crippen molar-refractivity contribution >= 4 is 17.3 Å². The molecule has 1 aromatic carbocycles. The summed E-state index contributed by atoms with van der Waals surface area (Å²) in [6.45, 7) is 2.82. The van der Waals surface area contributed by atoms with Gasteiger partial charge in [-0.05, 0) is 24.6 Å². The summed E-state index contributed by atoms with van der Waals surface area (Å²) in [7, 11) is 0. The molecule has 0 saturated carbocycles. The van der Waals surface area contributed by atoms with Crippen molar-refractivity contribution in [1.29, 1.82) is 0 Å². The van der Waals surface area contributed by atoms with E-state index in [0.717, 1.165) is 13.0 Å². The maximum Gasteiger partial charge on any atom is 0.335 e. The van der Waals surface area contributed by atoms with Crippen molar-refractivity contribution in [2.45, 2.75) is 13.3 Å². The van der Waals surface area contributed by atoms with Gasteiger partial charge < -0.3 is 16.2 Å². The molecular formula is C10H14N2O2. The van der Waals surface area contributed by atoms with E-state index < -0.39 is 5.97 Å². The topological polar surface area (TPSA) is 75.3 Å². The average Bonchev–Trinajstić information content (AvgIpc) is 2.16. The van der Waals surface area contributed by atoms with Crippen molar-refractivity contribution in [1.82, 2.24) is 0 Å². The number of nitrogens with one attached hydrogen (secondary N) is 1. The Hall–Kier alpha value is -1.71. The number of benzene rings is 1. The van der Waals surface area contributed by atoms with Gasteiger partial charge in [-0.2, -0.15) is 0 Å². The van der Waals surface area contributed by atoms with Crippen LogP contribution in [0.2, 0.25) is 0 Å². The zero-order valence-electron chi connectivity index (χ0n) is 8.08. The Kier molecular flexibility index (Phi) is 3.34. The lowest BCUT2D eigenvalue weighted by atomic mass is 10.1. The van der Waals surface area contributed by atoms with Gasteiger partial charge in [0.25, 0.3) is 0 Å². The monoisotopic (exact) mass is 194 g/mol. The minimum absolute atomic E-state index is 0.248. The molecule has 1 rings (SSSR count). The molecule has 0 aromatic heterocycles. The fourth-order valence-electron chi connectivity index (χ4n) is 1.10. The highest BCUT2D eigenvalue weighted by Gasteiger charge is 2.05. The van der Waals surface area contributed by atoms with Gasteiger partial charge in [0.1, 0.15) is 0 Å². The van der Waals surface area contributed by atoms with Crippen molar-refractivity contribution in [2.24, 2.45) is 0 Å². The van der Waals surface area contributed by atoms with Crippen LogP contribution in [-0.2, 0) is 0 Å². The third kappa shape index (κ3) is 2.39. The maximum absolute atomic E-state index is 10.7. The standard InChI is InChI=1S/C10H14N2O2/c1-2-5-12-9-6-7(10(13)14)3-4-8(9)11/h3-4,6,12H,2,5,11H2,1H3,(H,13,14). The number of anilines is 2. The summed E-state index contributed by atoms with van der Waals surface area (Å²) in [6.07, 6.45) is 0.969. The van der Waals surface area contributed by atoms with Gasteiger partial charge in [-0.3, -0.25) is 0 Å². The van der Waals surface area contributed by atoms with Gasteiger partial charge in [0.15, 0.2) is 0 Å².